The zero-order valence-electron chi connectivity index (χ0n) is 15.1. The van der Waals surface area contributed by atoms with Gasteiger partial charge in [-0.15, -0.1) is 0 Å². The molecule has 0 aliphatic rings. The number of rotatable bonds is 7. The number of pyridine rings is 1. The highest BCUT2D eigenvalue weighted by atomic mass is 16.5. The maximum Gasteiger partial charge on any atom is 0.305 e. The van der Waals surface area contributed by atoms with E-state index in [1.54, 1.807) is 6.20 Å². The second kappa shape index (κ2) is 15.5. The Morgan fingerprint density at radius 1 is 1.23 bits per heavy atom. The number of hydrogen-bond acceptors (Lipinski definition) is 4. The van der Waals surface area contributed by atoms with E-state index >= 15 is 0 Å². The highest BCUT2D eigenvalue weighted by Gasteiger charge is 2.08. The summed E-state index contributed by atoms with van der Waals surface area (Å²) in [5, 5.41) is 0. The second-order valence-corrected chi connectivity index (χ2v) is 4.11. The molecule has 0 radical (unpaired) electrons. The Labute approximate surface area is 136 Å². The topological polar surface area (TPSA) is 42.4 Å². The van der Waals surface area contributed by atoms with Gasteiger partial charge in [0, 0.05) is 24.9 Å². The van der Waals surface area contributed by atoms with Gasteiger partial charge in [-0.1, -0.05) is 40.3 Å². The lowest BCUT2D eigenvalue weighted by Gasteiger charge is -2.23. The SMILES string of the molecule is C=C(C)N(CCCCC(=O)OC)c1ccccn1.CC.CC. The first-order valence-electron chi connectivity index (χ1n) is 8.06. The summed E-state index contributed by atoms with van der Waals surface area (Å²) >= 11 is 0. The van der Waals surface area contributed by atoms with E-state index in [9.17, 15) is 4.79 Å². The highest BCUT2D eigenvalue weighted by Crippen LogP contribution is 2.15. The van der Waals surface area contributed by atoms with Crippen molar-refractivity contribution in [2.45, 2.75) is 53.9 Å². The Hall–Kier alpha value is -1.84. The maximum atomic E-state index is 11.0. The molecule has 0 amide bonds. The molecule has 22 heavy (non-hydrogen) atoms. The van der Waals surface area contributed by atoms with Crippen LogP contribution in [-0.4, -0.2) is 24.6 Å². The molecule has 0 bridgehead atoms. The van der Waals surface area contributed by atoms with Crippen LogP contribution in [0.5, 0.6) is 0 Å². The minimum Gasteiger partial charge on any atom is -0.469 e. The number of methoxy groups -OCH3 is 1. The maximum absolute atomic E-state index is 11.0. The molecule has 0 atom stereocenters. The fourth-order valence-electron chi connectivity index (χ4n) is 1.66. The van der Waals surface area contributed by atoms with Gasteiger partial charge in [0.1, 0.15) is 5.82 Å². The average Bonchev–Trinajstić information content (AvgIpc) is 2.58. The van der Waals surface area contributed by atoms with Crippen molar-refractivity contribution in [3.8, 4) is 0 Å². The van der Waals surface area contributed by atoms with Crippen LogP contribution in [0, 0.1) is 0 Å². The normalized spacial score (nSPS) is 8.64. The van der Waals surface area contributed by atoms with Gasteiger partial charge in [0.25, 0.3) is 0 Å². The molecule has 0 aliphatic carbocycles. The van der Waals surface area contributed by atoms with E-state index < -0.39 is 0 Å². The number of anilines is 1. The molecule has 1 heterocycles. The van der Waals surface area contributed by atoms with E-state index in [4.69, 9.17) is 0 Å². The van der Waals surface area contributed by atoms with Gasteiger partial charge in [-0.2, -0.15) is 0 Å². The third kappa shape index (κ3) is 9.97. The fourth-order valence-corrected chi connectivity index (χ4v) is 1.66. The van der Waals surface area contributed by atoms with E-state index in [0.717, 1.165) is 30.9 Å². The first-order chi connectivity index (χ1) is 10.6. The second-order valence-electron chi connectivity index (χ2n) is 4.11. The van der Waals surface area contributed by atoms with Crippen LogP contribution in [0.25, 0.3) is 0 Å². The van der Waals surface area contributed by atoms with Crippen LogP contribution in [0.15, 0.2) is 36.7 Å². The zero-order valence-corrected chi connectivity index (χ0v) is 15.1. The largest absolute Gasteiger partial charge is 0.469 e. The Balaban J connectivity index is 0. The highest BCUT2D eigenvalue weighted by molar-refractivity contribution is 5.69. The zero-order chi connectivity index (χ0) is 17.4. The minimum absolute atomic E-state index is 0.158. The molecule has 0 unspecified atom stereocenters. The van der Waals surface area contributed by atoms with Crippen molar-refractivity contribution >= 4 is 11.8 Å². The number of nitrogens with zero attached hydrogens (tertiary/aromatic N) is 2. The van der Waals surface area contributed by atoms with E-state index in [0.29, 0.717) is 6.42 Å². The van der Waals surface area contributed by atoms with E-state index in [1.165, 1.54) is 7.11 Å². The smallest absolute Gasteiger partial charge is 0.305 e. The van der Waals surface area contributed by atoms with Crippen LogP contribution >= 0.6 is 0 Å². The molecule has 0 N–H and O–H groups in total. The first-order valence-corrected chi connectivity index (χ1v) is 8.06. The lowest BCUT2D eigenvalue weighted by atomic mass is 10.2. The summed E-state index contributed by atoms with van der Waals surface area (Å²) in [5.41, 5.74) is 0.951. The quantitative estimate of drug-likeness (QED) is 0.535. The van der Waals surface area contributed by atoms with Crippen molar-refractivity contribution in [2.75, 3.05) is 18.6 Å². The molecule has 1 aromatic heterocycles. The number of carbonyl (C=O) groups is 1. The Bertz CT molecular complexity index is 391. The summed E-state index contributed by atoms with van der Waals surface area (Å²) in [6, 6.07) is 5.79. The van der Waals surface area contributed by atoms with Gasteiger partial charge >= 0.3 is 5.97 Å². The molecule has 0 aliphatic heterocycles. The van der Waals surface area contributed by atoms with Gasteiger partial charge in [0.2, 0.25) is 0 Å². The van der Waals surface area contributed by atoms with Crippen molar-refractivity contribution in [3.05, 3.63) is 36.7 Å². The molecular weight excluding hydrogens is 276 g/mol. The number of ether oxygens (including phenoxy) is 1. The molecule has 1 rings (SSSR count). The van der Waals surface area contributed by atoms with Crippen LogP contribution in [0.2, 0.25) is 0 Å². The summed E-state index contributed by atoms with van der Waals surface area (Å²) in [7, 11) is 1.41. The minimum atomic E-state index is -0.158. The lowest BCUT2D eigenvalue weighted by molar-refractivity contribution is -0.140. The van der Waals surface area contributed by atoms with Crippen molar-refractivity contribution < 1.29 is 9.53 Å². The van der Waals surface area contributed by atoms with E-state index in [1.807, 2.05) is 52.8 Å². The van der Waals surface area contributed by atoms with Gasteiger partial charge in [0.05, 0.1) is 7.11 Å². The van der Waals surface area contributed by atoms with Gasteiger partial charge in [-0.3, -0.25) is 4.79 Å². The van der Waals surface area contributed by atoms with Crippen LogP contribution in [0.1, 0.15) is 53.9 Å². The van der Waals surface area contributed by atoms with Crippen LogP contribution < -0.4 is 4.90 Å². The molecule has 4 nitrogen and oxygen atoms in total. The summed E-state index contributed by atoms with van der Waals surface area (Å²) in [6.07, 6.45) is 3.93. The number of allylic oxidation sites excluding steroid dienone is 1. The number of esters is 1. The third-order valence-electron chi connectivity index (χ3n) is 2.63. The summed E-state index contributed by atoms with van der Waals surface area (Å²) in [6.45, 7) is 14.7. The molecule has 0 spiro atoms. The summed E-state index contributed by atoms with van der Waals surface area (Å²) in [5.74, 6) is 0.734. The molecule has 0 saturated carbocycles. The predicted octanol–water partition coefficient (Wildman–Crippen LogP) is 4.82. The van der Waals surface area contributed by atoms with Crippen LogP contribution in [0.4, 0.5) is 5.82 Å². The van der Waals surface area contributed by atoms with E-state index in [2.05, 4.69) is 21.2 Å². The number of unbranched alkanes of at least 4 members (excludes halogenated alkanes) is 1. The van der Waals surface area contributed by atoms with Crippen LogP contribution in [-0.2, 0) is 9.53 Å². The van der Waals surface area contributed by atoms with E-state index in [-0.39, 0.29) is 5.97 Å². The molecular formula is C18H32N2O2. The van der Waals surface area contributed by atoms with Crippen molar-refractivity contribution in [3.63, 3.8) is 0 Å². The summed E-state index contributed by atoms with van der Waals surface area (Å²) < 4.78 is 4.61. The van der Waals surface area contributed by atoms with Gasteiger partial charge in [-0.25, -0.2) is 4.98 Å². The lowest BCUT2D eigenvalue weighted by Crippen LogP contribution is -2.22. The van der Waals surface area contributed by atoms with Crippen molar-refractivity contribution in [1.82, 2.24) is 4.98 Å². The molecule has 0 aromatic carbocycles. The Kier molecular flexibility index (Phi) is 15.9. The number of hydrogen-bond donors (Lipinski definition) is 0. The number of carbonyl (C=O) groups excluding carboxylic acids is 1. The van der Waals surface area contributed by atoms with Gasteiger partial charge in [0.15, 0.2) is 0 Å². The third-order valence-corrected chi connectivity index (χ3v) is 2.63. The molecule has 1 aromatic rings. The molecule has 4 heteroatoms. The average molecular weight is 308 g/mol. The predicted molar refractivity (Wildman–Crippen MR) is 95.0 cm³/mol. The molecule has 0 fully saturated rings. The standard InChI is InChI=1S/C14H20N2O2.2C2H6/c1-12(2)16(13-8-4-6-10-15-13)11-7-5-9-14(17)18-3;2*1-2/h4,6,8,10H,1,5,7,9,11H2,2-3H3;2*1-2H3. The monoisotopic (exact) mass is 308 g/mol. The number of aromatic nitrogens is 1. The molecule has 126 valence electrons. The van der Waals surface area contributed by atoms with Crippen LogP contribution in [0.3, 0.4) is 0 Å². The fraction of sp³-hybridized carbons (Fsp3) is 0.556. The van der Waals surface area contributed by atoms with Gasteiger partial charge < -0.3 is 9.64 Å². The summed E-state index contributed by atoms with van der Waals surface area (Å²) in [4.78, 5) is 17.4. The first kappa shape index (κ1) is 22.4. The Morgan fingerprint density at radius 2 is 1.86 bits per heavy atom. The van der Waals surface area contributed by atoms with Crippen molar-refractivity contribution in [2.24, 2.45) is 0 Å². The van der Waals surface area contributed by atoms with Gasteiger partial charge in [-0.05, 0) is 31.9 Å². The van der Waals surface area contributed by atoms with Crippen molar-refractivity contribution in [1.29, 1.82) is 0 Å². The molecule has 0 saturated heterocycles. The Morgan fingerprint density at radius 3 is 2.32 bits per heavy atom.